The van der Waals surface area contributed by atoms with E-state index in [1.807, 2.05) is 6.92 Å². The molecule has 0 atom stereocenters. The molecule has 0 aliphatic carbocycles. The molecular formula is C13H12Cl2N4O. The molecule has 0 spiro atoms. The van der Waals surface area contributed by atoms with Crippen LogP contribution in [0, 0.1) is 6.92 Å². The summed E-state index contributed by atoms with van der Waals surface area (Å²) in [7, 11) is 0. The van der Waals surface area contributed by atoms with Crippen molar-refractivity contribution >= 4 is 46.3 Å². The van der Waals surface area contributed by atoms with Crippen LogP contribution < -0.4 is 16.8 Å². The molecule has 0 saturated carbocycles. The summed E-state index contributed by atoms with van der Waals surface area (Å²) in [6, 6.07) is 4.82. The van der Waals surface area contributed by atoms with Crippen LogP contribution in [0.15, 0.2) is 24.4 Å². The average molecular weight is 311 g/mol. The van der Waals surface area contributed by atoms with Gasteiger partial charge in [0.15, 0.2) is 0 Å². The molecule has 0 unspecified atom stereocenters. The Morgan fingerprint density at radius 2 is 1.95 bits per heavy atom. The topological polar surface area (TPSA) is 94.0 Å². The molecule has 7 heteroatoms. The Kier molecular flexibility index (Phi) is 4.01. The van der Waals surface area contributed by atoms with Gasteiger partial charge in [-0.2, -0.15) is 0 Å². The van der Waals surface area contributed by atoms with Crippen molar-refractivity contribution in [3.05, 3.63) is 45.6 Å². The van der Waals surface area contributed by atoms with E-state index in [2.05, 4.69) is 10.3 Å². The highest BCUT2D eigenvalue weighted by atomic mass is 35.5. The number of carbonyl (C=O) groups excluding carboxylic acids is 1. The Labute approximate surface area is 125 Å². The number of pyridine rings is 1. The number of nitrogen functional groups attached to an aromatic ring is 1. The Bertz CT molecular complexity index is 688. The van der Waals surface area contributed by atoms with Crippen LogP contribution in [0.25, 0.3) is 0 Å². The molecule has 1 heterocycles. The van der Waals surface area contributed by atoms with Crippen LogP contribution in [0.2, 0.25) is 10.0 Å². The van der Waals surface area contributed by atoms with Crippen molar-refractivity contribution in [2.24, 2.45) is 5.73 Å². The number of nitrogens with two attached hydrogens (primary N) is 2. The van der Waals surface area contributed by atoms with Crippen LogP contribution in [0.3, 0.4) is 0 Å². The number of halogens is 2. The second kappa shape index (κ2) is 5.56. The van der Waals surface area contributed by atoms with E-state index in [1.54, 1.807) is 12.1 Å². The molecular weight excluding hydrogens is 299 g/mol. The first-order valence-electron chi connectivity index (χ1n) is 5.66. The lowest BCUT2D eigenvalue weighted by atomic mass is 10.2. The van der Waals surface area contributed by atoms with Gasteiger partial charge in [-0.25, -0.2) is 4.98 Å². The van der Waals surface area contributed by atoms with Gasteiger partial charge in [-0.05, 0) is 30.7 Å². The van der Waals surface area contributed by atoms with Crippen LogP contribution in [0.5, 0.6) is 0 Å². The number of primary amides is 1. The molecule has 0 saturated heterocycles. The van der Waals surface area contributed by atoms with Gasteiger partial charge in [-0.1, -0.05) is 23.2 Å². The quantitative estimate of drug-likeness (QED) is 0.811. The molecule has 20 heavy (non-hydrogen) atoms. The number of nitrogens with zero attached hydrogens (tertiary/aromatic N) is 1. The van der Waals surface area contributed by atoms with Crippen molar-refractivity contribution < 1.29 is 4.79 Å². The maximum absolute atomic E-state index is 11.4. The normalized spacial score (nSPS) is 10.3. The first kappa shape index (κ1) is 14.4. The molecule has 1 aromatic carbocycles. The van der Waals surface area contributed by atoms with Gasteiger partial charge < -0.3 is 16.8 Å². The molecule has 1 aromatic heterocycles. The molecule has 0 bridgehead atoms. The summed E-state index contributed by atoms with van der Waals surface area (Å²) in [6.45, 7) is 1.84. The van der Waals surface area contributed by atoms with Crippen LogP contribution >= 0.6 is 23.2 Å². The highest BCUT2D eigenvalue weighted by Gasteiger charge is 2.13. The van der Waals surface area contributed by atoms with Gasteiger partial charge in [0.2, 0.25) is 0 Å². The van der Waals surface area contributed by atoms with Crippen LogP contribution in [0.1, 0.15) is 15.9 Å². The first-order chi connectivity index (χ1) is 9.38. The molecule has 5 nitrogen and oxygen atoms in total. The van der Waals surface area contributed by atoms with E-state index in [9.17, 15) is 4.79 Å². The van der Waals surface area contributed by atoms with Crippen molar-refractivity contribution in [3.8, 4) is 0 Å². The monoisotopic (exact) mass is 310 g/mol. The second-order valence-corrected chi connectivity index (χ2v) is 5.05. The Hall–Kier alpha value is -1.98. The SMILES string of the molecule is Cc1cc(Cl)c(Nc2ncc(N)cc2C(N)=O)cc1Cl. The van der Waals surface area contributed by atoms with E-state index in [4.69, 9.17) is 34.7 Å². The van der Waals surface area contributed by atoms with Gasteiger partial charge in [0.05, 0.1) is 28.2 Å². The number of hydrogen-bond donors (Lipinski definition) is 3. The fraction of sp³-hybridized carbons (Fsp3) is 0.0769. The van der Waals surface area contributed by atoms with Gasteiger partial charge >= 0.3 is 0 Å². The maximum Gasteiger partial charge on any atom is 0.252 e. The lowest BCUT2D eigenvalue weighted by Crippen LogP contribution is -2.15. The smallest absolute Gasteiger partial charge is 0.252 e. The Morgan fingerprint density at radius 1 is 1.25 bits per heavy atom. The van der Waals surface area contributed by atoms with E-state index in [1.165, 1.54) is 12.3 Å². The second-order valence-electron chi connectivity index (χ2n) is 4.24. The third-order valence-corrected chi connectivity index (χ3v) is 3.40. The van der Waals surface area contributed by atoms with Crippen molar-refractivity contribution in [1.82, 2.24) is 4.98 Å². The van der Waals surface area contributed by atoms with E-state index >= 15 is 0 Å². The zero-order valence-corrected chi connectivity index (χ0v) is 12.1. The molecule has 5 N–H and O–H groups in total. The van der Waals surface area contributed by atoms with Crippen LogP contribution in [0.4, 0.5) is 17.2 Å². The molecule has 0 aliphatic rings. The number of rotatable bonds is 3. The molecule has 2 aromatic rings. The number of anilines is 3. The summed E-state index contributed by atoms with van der Waals surface area (Å²) in [6.07, 6.45) is 1.42. The lowest BCUT2D eigenvalue weighted by Gasteiger charge is -2.12. The molecule has 2 rings (SSSR count). The summed E-state index contributed by atoms with van der Waals surface area (Å²) in [5.74, 6) is -0.366. The van der Waals surface area contributed by atoms with Gasteiger partial charge in [-0.3, -0.25) is 4.79 Å². The average Bonchev–Trinajstić information content (AvgIpc) is 2.37. The molecule has 104 valence electrons. The van der Waals surface area contributed by atoms with E-state index in [0.717, 1.165) is 5.56 Å². The number of aryl methyl sites for hydroxylation is 1. The molecule has 0 radical (unpaired) electrons. The predicted molar refractivity (Wildman–Crippen MR) is 81.6 cm³/mol. The first-order valence-corrected chi connectivity index (χ1v) is 6.42. The van der Waals surface area contributed by atoms with Gasteiger partial charge in [0.1, 0.15) is 5.82 Å². The molecule has 1 amide bonds. The van der Waals surface area contributed by atoms with E-state index in [-0.39, 0.29) is 11.4 Å². The standard InChI is InChI=1S/C13H12Cl2N4O/c1-6-2-10(15)11(4-9(6)14)19-13-8(12(17)20)3-7(16)5-18-13/h2-5H,16H2,1H3,(H2,17,20)(H,18,19). The maximum atomic E-state index is 11.4. The van der Waals surface area contributed by atoms with Crippen molar-refractivity contribution in [2.45, 2.75) is 6.92 Å². The largest absolute Gasteiger partial charge is 0.397 e. The van der Waals surface area contributed by atoms with Gasteiger partial charge in [-0.15, -0.1) is 0 Å². The fourth-order valence-electron chi connectivity index (χ4n) is 1.64. The number of nitrogens with one attached hydrogen (secondary N) is 1. The van der Waals surface area contributed by atoms with Crippen molar-refractivity contribution in [1.29, 1.82) is 0 Å². The minimum absolute atomic E-state index is 0.178. The highest BCUT2D eigenvalue weighted by molar-refractivity contribution is 6.35. The highest BCUT2D eigenvalue weighted by Crippen LogP contribution is 2.31. The number of amides is 1. The zero-order valence-electron chi connectivity index (χ0n) is 10.6. The lowest BCUT2D eigenvalue weighted by molar-refractivity contribution is 0.100. The summed E-state index contributed by atoms with van der Waals surface area (Å²) in [5.41, 5.74) is 12.8. The number of carbonyl (C=O) groups is 1. The third-order valence-electron chi connectivity index (χ3n) is 2.68. The summed E-state index contributed by atoms with van der Waals surface area (Å²) < 4.78 is 0. The van der Waals surface area contributed by atoms with E-state index in [0.29, 0.717) is 21.4 Å². The Morgan fingerprint density at radius 3 is 2.60 bits per heavy atom. The predicted octanol–water partition coefficient (Wildman–Crippen LogP) is 3.12. The van der Waals surface area contributed by atoms with Gasteiger partial charge in [0, 0.05) is 5.02 Å². The zero-order chi connectivity index (χ0) is 14.9. The fourth-order valence-corrected chi connectivity index (χ4v) is 2.07. The minimum atomic E-state index is -0.637. The third kappa shape index (κ3) is 2.95. The Balaban J connectivity index is 2.45. The summed E-state index contributed by atoms with van der Waals surface area (Å²) >= 11 is 12.2. The van der Waals surface area contributed by atoms with Crippen molar-refractivity contribution in [2.75, 3.05) is 11.1 Å². The number of aromatic nitrogens is 1. The number of hydrogen-bond acceptors (Lipinski definition) is 4. The number of benzene rings is 1. The van der Waals surface area contributed by atoms with Crippen LogP contribution in [-0.4, -0.2) is 10.9 Å². The van der Waals surface area contributed by atoms with Crippen molar-refractivity contribution in [3.63, 3.8) is 0 Å². The molecule has 0 aliphatic heterocycles. The minimum Gasteiger partial charge on any atom is -0.397 e. The summed E-state index contributed by atoms with van der Waals surface area (Å²) in [5, 5.41) is 3.94. The molecule has 0 fully saturated rings. The van der Waals surface area contributed by atoms with Crippen LogP contribution in [-0.2, 0) is 0 Å². The van der Waals surface area contributed by atoms with E-state index < -0.39 is 5.91 Å². The summed E-state index contributed by atoms with van der Waals surface area (Å²) in [4.78, 5) is 15.4. The van der Waals surface area contributed by atoms with Gasteiger partial charge in [0.25, 0.3) is 5.91 Å².